The van der Waals surface area contributed by atoms with E-state index in [0.717, 1.165) is 22.5 Å². The van der Waals surface area contributed by atoms with E-state index in [1.54, 1.807) is 20.3 Å². The second-order valence-electron chi connectivity index (χ2n) is 7.04. The summed E-state index contributed by atoms with van der Waals surface area (Å²) in [5.41, 5.74) is 2.46. The van der Waals surface area contributed by atoms with Crippen molar-refractivity contribution in [2.24, 2.45) is 5.92 Å². The molecule has 1 aliphatic rings. The van der Waals surface area contributed by atoms with Crippen LogP contribution in [-0.4, -0.2) is 60.4 Å². The van der Waals surface area contributed by atoms with Crippen molar-refractivity contribution in [1.82, 2.24) is 13.9 Å². The lowest BCUT2D eigenvalue weighted by atomic mass is 10.0. The summed E-state index contributed by atoms with van der Waals surface area (Å²) in [4.78, 5) is 4.47. The average Bonchev–Trinajstić information content (AvgIpc) is 3.20. The number of phenolic OH excluding ortho intramolecular Hbond substituents is 1. The summed E-state index contributed by atoms with van der Waals surface area (Å²) in [7, 11) is -0.223. The van der Waals surface area contributed by atoms with E-state index in [4.69, 9.17) is 4.74 Å². The van der Waals surface area contributed by atoms with Crippen molar-refractivity contribution in [1.29, 1.82) is 0 Å². The van der Waals surface area contributed by atoms with Crippen molar-refractivity contribution in [2.75, 3.05) is 33.1 Å². The number of rotatable bonds is 5. The second kappa shape index (κ2) is 7.02. The first-order valence-electron chi connectivity index (χ1n) is 8.52. The Morgan fingerprint density at radius 2 is 1.92 bits per heavy atom. The van der Waals surface area contributed by atoms with Gasteiger partial charge in [-0.15, -0.1) is 0 Å². The third-order valence-electron chi connectivity index (χ3n) is 4.92. The van der Waals surface area contributed by atoms with Crippen LogP contribution >= 0.6 is 0 Å². The van der Waals surface area contributed by atoms with Gasteiger partial charge in [-0.1, -0.05) is 0 Å². The van der Waals surface area contributed by atoms with Crippen LogP contribution in [0.1, 0.15) is 17.2 Å². The molecule has 0 bridgehead atoms. The standard InChI is InChI=1S/C18H25N3O4S/c1-12-7-14(8-13(2)17(12)22)18-19-5-6-21(18)16-10-25-9-15(16)11-26(23,24)20(3)4/h5-8,15-16,22H,9-11H2,1-4H3/t15-,16-/m1/s1. The molecule has 1 fully saturated rings. The molecule has 3 rings (SSSR count). The molecule has 1 saturated heterocycles. The molecule has 1 N–H and O–H groups in total. The third-order valence-corrected chi connectivity index (χ3v) is 6.88. The zero-order valence-corrected chi connectivity index (χ0v) is 16.3. The number of sulfonamides is 1. The Balaban J connectivity index is 1.95. The second-order valence-corrected chi connectivity index (χ2v) is 9.27. The number of nitrogens with zero attached hydrogens (tertiary/aromatic N) is 3. The highest BCUT2D eigenvalue weighted by Gasteiger charge is 2.35. The van der Waals surface area contributed by atoms with Crippen molar-refractivity contribution >= 4 is 10.0 Å². The summed E-state index contributed by atoms with van der Waals surface area (Å²) in [5, 5.41) is 10.0. The summed E-state index contributed by atoms with van der Waals surface area (Å²) in [5.74, 6) is 0.926. The molecule has 0 radical (unpaired) electrons. The maximum absolute atomic E-state index is 12.3. The number of aromatic hydroxyl groups is 1. The minimum Gasteiger partial charge on any atom is -0.507 e. The molecule has 2 heterocycles. The van der Waals surface area contributed by atoms with Gasteiger partial charge in [-0.05, 0) is 37.1 Å². The van der Waals surface area contributed by atoms with E-state index in [-0.39, 0.29) is 23.5 Å². The van der Waals surface area contributed by atoms with Crippen LogP contribution in [0.4, 0.5) is 0 Å². The van der Waals surface area contributed by atoms with Gasteiger partial charge in [0.15, 0.2) is 0 Å². The molecular weight excluding hydrogens is 354 g/mol. The van der Waals surface area contributed by atoms with Crippen LogP contribution in [0.25, 0.3) is 11.4 Å². The fourth-order valence-electron chi connectivity index (χ4n) is 3.36. The first kappa shape index (κ1) is 18.9. The molecule has 0 unspecified atom stereocenters. The van der Waals surface area contributed by atoms with Crippen molar-refractivity contribution in [3.63, 3.8) is 0 Å². The maximum Gasteiger partial charge on any atom is 0.214 e. The van der Waals surface area contributed by atoms with Gasteiger partial charge in [-0.3, -0.25) is 0 Å². The van der Waals surface area contributed by atoms with Crippen LogP contribution in [0.15, 0.2) is 24.5 Å². The van der Waals surface area contributed by atoms with Gasteiger partial charge in [0.05, 0.1) is 25.0 Å². The van der Waals surface area contributed by atoms with Crippen LogP contribution in [0.3, 0.4) is 0 Å². The molecule has 0 spiro atoms. The molecule has 0 saturated carbocycles. The fourth-order valence-corrected chi connectivity index (χ4v) is 4.52. The average molecular weight is 379 g/mol. The first-order valence-corrected chi connectivity index (χ1v) is 10.1. The van der Waals surface area contributed by atoms with Gasteiger partial charge >= 0.3 is 0 Å². The number of phenols is 1. The van der Waals surface area contributed by atoms with Crippen molar-refractivity contribution < 1.29 is 18.3 Å². The van der Waals surface area contributed by atoms with E-state index in [2.05, 4.69) is 4.98 Å². The molecule has 26 heavy (non-hydrogen) atoms. The predicted octanol–water partition coefficient (Wildman–Crippen LogP) is 1.95. The summed E-state index contributed by atoms with van der Waals surface area (Å²) in [6, 6.07) is 3.68. The monoisotopic (exact) mass is 379 g/mol. The first-order chi connectivity index (χ1) is 12.2. The van der Waals surface area contributed by atoms with E-state index < -0.39 is 10.0 Å². The SMILES string of the molecule is Cc1cc(-c2nccn2[C@@H]2COC[C@@H]2CS(=O)(=O)N(C)C)cc(C)c1O. The predicted molar refractivity (Wildman–Crippen MR) is 99.6 cm³/mol. The van der Waals surface area contributed by atoms with Crippen molar-refractivity contribution in [2.45, 2.75) is 19.9 Å². The van der Waals surface area contributed by atoms with E-state index in [1.807, 2.05) is 36.7 Å². The summed E-state index contributed by atoms with van der Waals surface area (Å²) in [6.45, 7) is 4.56. The molecule has 2 aromatic rings. The Morgan fingerprint density at radius 3 is 2.54 bits per heavy atom. The smallest absolute Gasteiger partial charge is 0.214 e. The van der Waals surface area contributed by atoms with Crippen molar-refractivity contribution in [3.8, 4) is 17.1 Å². The van der Waals surface area contributed by atoms with Gasteiger partial charge in [-0.2, -0.15) is 0 Å². The topological polar surface area (TPSA) is 84.7 Å². The molecule has 1 aliphatic heterocycles. The minimum absolute atomic E-state index is 0.0376. The third kappa shape index (κ3) is 3.49. The number of hydrogen-bond donors (Lipinski definition) is 1. The zero-order valence-electron chi connectivity index (χ0n) is 15.5. The number of hydrogen-bond acceptors (Lipinski definition) is 5. The van der Waals surface area contributed by atoms with E-state index in [9.17, 15) is 13.5 Å². The molecule has 0 aliphatic carbocycles. The molecule has 2 atom stereocenters. The van der Waals surface area contributed by atoms with Crippen LogP contribution in [0.2, 0.25) is 0 Å². The highest BCUT2D eigenvalue weighted by atomic mass is 32.2. The zero-order chi connectivity index (χ0) is 19.1. The Bertz CT molecular complexity index is 882. The van der Waals surface area contributed by atoms with Crippen LogP contribution in [-0.2, 0) is 14.8 Å². The molecule has 142 valence electrons. The molecular formula is C18H25N3O4S. The Morgan fingerprint density at radius 1 is 1.27 bits per heavy atom. The lowest BCUT2D eigenvalue weighted by Gasteiger charge is -2.23. The molecule has 0 amide bonds. The fraction of sp³-hybridized carbons (Fsp3) is 0.500. The number of imidazole rings is 1. The minimum atomic E-state index is -3.32. The summed E-state index contributed by atoms with van der Waals surface area (Å²) >= 11 is 0. The molecule has 1 aromatic heterocycles. The van der Waals surface area contributed by atoms with Gasteiger partial charge < -0.3 is 14.4 Å². The van der Waals surface area contributed by atoms with Crippen molar-refractivity contribution in [3.05, 3.63) is 35.7 Å². The largest absolute Gasteiger partial charge is 0.507 e. The lowest BCUT2D eigenvalue weighted by Crippen LogP contribution is -2.32. The van der Waals surface area contributed by atoms with E-state index >= 15 is 0 Å². The number of aromatic nitrogens is 2. The Kier molecular flexibility index (Phi) is 5.09. The highest BCUT2D eigenvalue weighted by molar-refractivity contribution is 7.89. The lowest BCUT2D eigenvalue weighted by molar-refractivity contribution is 0.182. The number of benzene rings is 1. The summed E-state index contributed by atoms with van der Waals surface area (Å²) < 4.78 is 33.5. The quantitative estimate of drug-likeness (QED) is 0.858. The molecule has 8 heteroatoms. The Hall–Kier alpha value is -1.90. The Labute approximate surface area is 154 Å². The van der Waals surface area contributed by atoms with Crippen LogP contribution in [0.5, 0.6) is 5.75 Å². The summed E-state index contributed by atoms with van der Waals surface area (Å²) in [6.07, 6.45) is 3.57. The number of ether oxygens (including phenoxy) is 1. The van der Waals surface area contributed by atoms with Gasteiger partial charge in [-0.25, -0.2) is 17.7 Å². The van der Waals surface area contributed by atoms with E-state index in [1.165, 1.54) is 4.31 Å². The number of aryl methyl sites for hydroxylation is 2. The maximum atomic E-state index is 12.3. The van der Waals surface area contributed by atoms with Gasteiger partial charge in [0.2, 0.25) is 10.0 Å². The van der Waals surface area contributed by atoms with Gasteiger partial charge in [0.1, 0.15) is 11.6 Å². The molecule has 7 nitrogen and oxygen atoms in total. The van der Waals surface area contributed by atoms with Crippen LogP contribution in [0, 0.1) is 19.8 Å². The highest BCUT2D eigenvalue weighted by Crippen LogP contribution is 2.34. The van der Waals surface area contributed by atoms with E-state index in [0.29, 0.717) is 13.2 Å². The molecule has 1 aromatic carbocycles. The normalized spacial score (nSPS) is 20.8. The van der Waals surface area contributed by atoms with Gasteiger partial charge in [0, 0.05) is 38.0 Å². The van der Waals surface area contributed by atoms with Crippen LogP contribution < -0.4 is 0 Å². The van der Waals surface area contributed by atoms with Gasteiger partial charge in [0.25, 0.3) is 0 Å².